The first-order valence-corrected chi connectivity index (χ1v) is 9.75. The second-order valence-corrected chi connectivity index (χ2v) is 7.53. The minimum Gasteiger partial charge on any atom is -0.337 e. The van der Waals surface area contributed by atoms with Gasteiger partial charge in [-0.15, -0.1) is 0 Å². The summed E-state index contributed by atoms with van der Waals surface area (Å²) in [4.78, 5) is 20.6. The van der Waals surface area contributed by atoms with Crippen LogP contribution in [0.2, 0.25) is 5.02 Å². The number of benzene rings is 3. The number of fused-ring (bicyclic) bond motifs is 1. The summed E-state index contributed by atoms with van der Waals surface area (Å²) in [6.45, 7) is 0. The smallest absolute Gasteiger partial charge is 0.255 e. The Labute approximate surface area is 175 Å². The Kier molecular flexibility index (Phi) is 5.28. The highest BCUT2D eigenvalue weighted by Crippen LogP contribution is 2.22. The fraction of sp³-hybridized carbons (Fsp3) is 0. The van der Waals surface area contributed by atoms with Crippen LogP contribution < -0.4 is 5.32 Å². The molecule has 2 N–H and O–H groups in total. The highest BCUT2D eigenvalue weighted by Gasteiger charge is 2.13. The number of H-pyrrole nitrogens is 1. The van der Waals surface area contributed by atoms with Gasteiger partial charge in [-0.05, 0) is 54.1 Å². The summed E-state index contributed by atoms with van der Waals surface area (Å²) in [6, 6.07) is 22.3. The normalized spacial score (nSPS) is 11.6. The number of imidazole rings is 1. The minimum atomic E-state index is -0.208. The second kappa shape index (κ2) is 8.00. The van der Waals surface area contributed by atoms with E-state index in [2.05, 4.69) is 31.2 Å². The molecule has 0 atom stereocenters. The molecule has 0 spiro atoms. The number of hydrogen-bond acceptors (Lipinski definition) is 2. The van der Waals surface area contributed by atoms with Crippen LogP contribution in [0.15, 0.2) is 77.3 Å². The number of halogens is 2. The summed E-state index contributed by atoms with van der Waals surface area (Å²) in [7, 11) is 0. The first kappa shape index (κ1) is 18.5. The summed E-state index contributed by atoms with van der Waals surface area (Å²) in [5.41, 5.74) is 3.64. The number of carbonyl (C=O) groups is 1. The first-order valence-electron chi connectivity index (χ1n) is 8.58. The zero-order chi connectivity index (χ0) is 19.5. The Balaban J connectivity index is 1.77. The van der Waals surface area contributed by atoms with Crippen molar-refractivity contribution in [2.45, 2.75) is 0 Å². The van der Waals surface area contributed by atoms with Gasteiger partial charge in [0.05, 0.1) is 16.7 Å². The van der Waals surface area contributed by atoms with Crippen LogP contribution in [0.1, 0.15) is 21.7 Å². The van der Waals surface area contributed by atoms with E-state index >= 15 is 0 Å². The predicted molar refractivity (Wildman–Crippen MR) is 117 cm³/mol. The average molecular weight is 453 g/mol. The Morgan fingerprint density at radius 3 is 2.64 bits per heavy atom. The molecule has 0 radical (unpaired) electrons. The number of hydrogen-bond donors (Lipinski definition) is 2. The number of amides is 1. The molecule has 138 valence electrons. The van der Waals surface area contributed by atoms with Crippen molar-refractivity contribution in [3.63, 3.8) is 0 Å². The van der Waals surface area contributed by atoms with Crippen molar-refractivity contribution in [1.82, 2.24) is 15.3 Å². The van der Waals surface area contributed by atoms with Crippen molar-refractivity contribution in [3.05, 3.63) is 99.2 Å². The largest absolute Gasteiger partial charge is 0.337 e. The number of carbonyl (C=O) groups excluding carboxylic acids is 1. The molecule has 1 amide bonds. The van der Waals surface area contributed by atoms with Gasteiger partial charge in [0.15, 0.2) is 5.82 Å². The lowest BCUT2D eigenvalue weighted by molar-refractivity contribution is 0.0973. The highest BCUT2D eigenvalue weighted by molar-refractivity contribution is 9.10. The molecule has 0 fully saturated rings. The summed E-state index contributed by atoms with van der Waals surface area (Å²) < 4.78 is 0.950. The molecule has 3 aromatic carbocycles. The maximum Gasteiger partial charge on any atom is 0.255 e. The highest BCUT2D eigenvalue weighted by atomic mass is 79.9. The van der Waals surface area contributed by atoms with Crippen molar-refractivity contribution < 1.29 is 4.79 Å². The van der Waals surface area contributed by atoms with E-state index in [-0.39, 0.29) is 5.91 Å². The van der Waals surface area contributed by atoms with E-state index < -0.39 is 0 Å². The Bertz CT molecular complexity index is 1180. The molecular weight excluding hydrogens is 438 g/mol. The van der Waals surface area contributed by atoms with Crippen molar-refractivity contribution in [2.75, 3.05) is 0 Å². The molecule has 4 rings (SSSR count). The maximum absolute atomic E-state index is 12.7. The fourth-order valence-corrected chi connectivity index (χ4v) is 3.41. The van der Waals surface area contributed by atoms with Gasteiger partial charge < -0.3 is 10.3 Å². The monoisotopic (exact) mass is 451 g/mol. The van der Waals surface area contributed by atoms with Crippen LogP contribution in [0, 0.1) is 0 Å². The molecule has 28 heavy (non-hydrogen) atoms. The second-order valence-electron chi connectivity index (χ2n) is 6.18. The predicted octanol–water partition coefficient (Wildman–Crippen LogP) is 5.91. The molecule has 0 bridgehead atoms. The Morgan fingerprint density at radius 1 is 1.04 bits per heavy atom. The standard InChI is InChI=1S/C22H15BrClN3O/c23-16-8-4-5-14(11-16)12-20(27-22(28)15-6-2-1-3-7-15)21-25-18-10-9-17(24)13-19(18)26-21/h1-13H,(H,25,26)(H,27,28)/b20-12-. The lowest BCUT2D eigenvalue weighted by Crippen LogP contribution is -2.22. The third kappa shape index (κ3) is 4.16. The van der Waals surface area contributed by atoms with Crippen LogP contribution in [0.4, 0.5) is 0 Å². The van der Waals surface area contributed by atoms with Gasteiger partial charge in [0.25, 0.3) is 5.91 Å². The van der Waals surface area contributed by atoms with E-state index in [1.54, 1.807) is 18.2 Å². The van der Waals surface area contributed by atoms with E-state index in [4.69, 9.17) is 11.6 Å². The first-order chi connectivity index (χ1) is 13.6. The zero-order valence-electron chi connectivity index (χ0n) is 14.6. The van der Waals surface area contributed by atoms with Crippen LogP contribution in [0.25, 0.3) is 22.8 Å². The van der Waals surface area contributed by atoms with Crippen LogP contribution in [0.5, 0.6) is 0 Å². The topological polar surface area (TPSA) is 57.8 Å². The average Bonchev–Trinajstić information content (AvgIpc) is 3.11. The van der Waals surface area contributed by atoms with Gasteiger partial charge >= 0.3 is 0 Å². The molecule has 1 aromatic heterocycles. The van der Waals surface area contributed by atoms with Gasteiger partial charge in [-0.1, -0.05) is 57.9 Å². The fourth-order valence-electron chi connectivity index (χ4n) is 2.82. The van der Waals surface area contributed by atoms with Crippen molar-refractivity contribution >= 4 is 56.2 Å². The SMILES string of the molecule is O=C(N/C(=C\c1cccc(Br)c1)c1nc2ccc(Cl)cc2[nH]1)c1ccccc1. The lowest BCUT2D eigenvalue weighted by atomic mass is 10.1. The third-order valence-corrected chi connectivity index (χ3v) is 4.87. The molecule has 0 aliphatic heterocycles. The molecule has 0 saturated carbocycles. The molecule has 0 saturated heterocycles. The van der Waals surface area contributed by atoms with E-state index in [1.807, 2.05) is 60.7 Å². The van der Waals surface area contributed by atoms with Crippen LogP contribution in [0.3, 0.4) is 0 Å². The van der Waals surface area contributed by atoms with Crippen molar-refractivity contribution in [2.24, 2.45) is 0 Å². The van der Waals surface area contributed by atoms with Gasteiger partial charge in [0.2, 0.25) is 0 Å². The van der Waals surface area contributed by atoms with Gasteiger partial charge in [-0.3, -0.25) is 4.79 Å². The summed E-state index contributed by atoms with van der Waals surface area (Å²) in [5, 5.41) is 3.59. The minimum absolute atomic E-state index is 0.208. The van der Waals surface area contributed by atoms with Gasteiger partial charge in [0, 0.05) is 15.1 Å². The van der Waals surface area contributed by atoms with Crippen LogP contribution in [-0.4, -0.2) is 15.9 Å². The van der Waals surface area contributed by atoms with E-state index in [1.165, 1.54) is 0 Å². The van der Waals surface area contributed by atoms with Crippen molar-refractivity contribution in [3.8, 4) is 0 Å². The number of aromatic amines is 1. The maximum atomic E-state index is 12.7. The quantitative estimate of drug-likeness (QED) is 0.404. The molecule has 4 aromatic rings. The summed E-state index contributed by atoms with van der Waals surface area (Å²) in [5.74, 6) is 0.349. The van der Waals surface area contributed by atoms with Crippen LogP contribution in [-0.2, 0) is 0 Å². The number of aromatic nitrogens is 2. The molecule has 0 aliphatic carbocycles. The van der Waals surface area contributed by atoms with E-state index in [0.717, 1.165) is 21.1 Å². The van der Waals surface area contributed by atoms with Gasteiger partial charge in [0.1, 0.15) is 0 Å². The molecule has 6 heteroatoms. The van der Waals surface area contributed by atoms with Crippen molar-refractivity contribution in [1.29, 1.82) is 0 Å². The number of nitrogens with one attached hydrogen (secondary N) is 2. The molecule has 4 nitrogen and oxygen atoms in total. The Morgan fingerprint density at radius 2 is 1.86 bits per heavy atom. The molecule has 1 heterocycles. The number of nitrogens with zero attached hydrogens (tertiary/aromatic N) is 1. The van der Waals surface area contributed by atoms with E-state index in [9.17, 15) is 4.79 Å². The number of rotatable bonds is 4. The molecule has 0 unspecified atom stereocenters. The van der Waals surface area contributed by atoms with E-state index in [0.29, 0.717) is 22.1 Å². The zero-order valence-corrected chi connectivity index (χ0v) is 17.0. The summed E-state index contributed by atoms with van der Waals surface area (Å²) in [6.07, 6.45) is 1.88. The Hall–Kier alpha value is -2.89. The lowest BCUT2D eigenvalue weighted by Gasteiger charge is -2.08. The molecular formula is C22H15BrClN3O. The van der Waals surface area contributed by atoms with Gasteiger partial charge in [-0.2, -0.15) is 0 Å². The van der Waals surface area contributed by atoms with Gasteiger partial charge in [-0.25, -0.2) is 4.98 Å². The van der Waals surface area contributed by atoms with Crippen LogP contribution >= 0.6 is 27.5 Å². The molecule has 0 aliphatic rings. The summed E-state index contributed by atoms with van der Waals surface area (Å²) >= 11 is 9.56. The third-order valence-electron chi connectivity index (χ3n) is 4.14.